The Morgan fingerprint density at radius 1 is 1.19 bits per heavy atom. The van der Waals surface area contributed by atoms with Crippen LogP contribution in [0, 0.1) is 5.82 Å². The van der Waals surface area contributed by atoms with Crippen molar-refractivity contribution in [3.8, 4) is 11.3 Å². The standard InChI is InChI=1S/C18H19FN6OS/c19-10-3-1-9(2-4-10)14-12-13(21)15(16(22)26)27-17(12)24-18(23-14)25-7-5-11(20)6-8-25/h1-4,11H,5-8,20-21H2,(H2,22,26). The lowest BCUT2D eigenvalue weighted by molar-refractivity contribution is 0.100. The molecule has 27 heavy (non-hydrogen) atoms. The Labute approximate surface area is 159 Å². The molecule has 140 valence electrons. The van der Waals surface area contributed by atoms with Gasteiger partial charge < -0.3 is 22.1 Å². The van der Waals surface area contributed by atoms with Gasteiger partial charge in [-0.3, -0.25) is 4.79 Å². The highest BCUT2D eigenvalue weighted by Crippen LogP contribution is 2.39. The van der Waals surface area contributed by atoms with Crippen LogP contribution < -0.4 is 22.1 Å². The lowest BCUT2D eigenvalue weighted by atomic mass is 10.1. The number of amides is 1. The maximum absolute atomic E-state index is 13.4. The number of benzene rings is 1. The van der Waals surface area contributed by atoms with Crippen molar-refractivity contribution in [2.75, 3.05) is 23.7 Å². The molecule has 4 rings (SSSR count). The van der Waals surface area contributed by atoms with Gasteiger partial charge in [-0.25, -0.2) is 14.4 Å². The summed E-state index contributed by atoms with van der Waals surface area (Å²) in [5, 5.41) is 0.567. The molecule has 2 aromatic heterocycles. The number of nitrogens with zero attached hydrogens (tertiary/aromatic N) is 3. The third-order valence-corrected chi connectivity index (χ3v) is 5.85. The summed E-state index contributed by atoms with van der Waals surface area (Å²) in [5.41, 5.74) is 19.1. The molecular weight excluding hydrogens is 367 g/mol. The fourth-order valence-electron chi connectivity index (χ4n) is 3.25. The van der Waals surface area contributed by atoms with E-state index in [9.17, 15) is 9.18 Å². The van der Waals surface area contributed by atoms with E-state index < -0.39 is 5.91 Å². The van der Waals surface area contributed by atoms with E-state index in [1.165, 1.54) is 12.1 Å². The van der Waals surface area contributed by atoms with Crippen LogP contribution >= 0.6 is 11.3 Å². The van der Waals surface area contributed by atoms with Crippen LogP contribution in [0.3, 0.4) is 0 Å². The minimum absolute atomic E-state index is 0.181. The van der Waals surface area contributed by atoms with Crippen molar-refractivity contribution < 1.29 is 9.18 Å². The molecular formula is C18H19FN6OS. The van der Waals surface area contributed by atoms with E-state index in [0.29, 0.717) is 27.4 Å². The first-order chi connectivity index (χ1) is 12.9. The summed E-state index contributed by atoms with van der Waals surface area (Å²) in [6, 6.07) is 6.17. The van der Waals surface area contributed by atoms with Crippen molar-refractivity contribution in [3.05, 3.63) is 35.0 Å². The summed E-state index contributed by atoms with van der Waals surface area (Å²) in [4.78, 5) is 24.0. The quantitative estimate of drug-likeness (QED) is 0.633. The number of fused-ring (bicyclic) bond motifs is 1. The van der Waals surface area contributed by atoms with Gasteiger partial charge >= 0.3 is 0 Å². The van der Waals surface area contributed by atoms with E-state index in [4.69, 9.17) is 22.2 Å². The lowest BCUT2D eigenvalue weighted by Gasteiger charge is -2.30. The number of halogens is 1. The molecule has 1 aliphatic heterocycles. The SMILES string of the molecule is NC(=O)c1sc2nc(N3CCC(N)CC3)nc(-c3ccc(F)cc3)c2c1N. The largest absolute Gasteiger partial charge is 0.397 e. The van der Waals surface area contributed by atoms with Crippen molar-refractivity contribution in [3.63, 3.8) is 0 Å². The molecule has 0 radical (unpaired) electrons. The number of carbonyl (C=O) groups is 1. The molecule has 0 spiro atoms. The highest BCUT2D eigenvalue weighted by molar-refractivity contribution is 7.21. The van der Waals surface area contributed by atoms with Crippen molar-refractivity contribution in [2.45, 2.75) is 18.9 Å². The van der Waals surface area contributed by atoms with Crippen molar-refractivity contribution >= 4 is 39.1 Å². The second-order valence-electron chi connectivity index (χ2n) is 6.59. The molecule has 1 aliphatic rings. The summed E-state index contributed by atoms with van der Waals surface area (Å²) < 4.78 is 13.4. The van der Waals surface area contributed by atoms with Gasteiger partial charge in [0.15, 0.2) is 0 Å². The number of aromatic nitrogens is 2. The predicted octanol–water partition coefficient (Wildman–Crippen LogP) is 2.11. The predicted molar refractivity (Wildman–Crippen MR) is 105 cm³/mol. The molecule has 0 unspecified atom stereocenters. The van der Waals surface area contributed by atoms with Gasteiger partial charge in [0.2, 0.25) is 5.95 Å². The zero-order valence-electron chi connectivity index (χ0n) is 14.5. The monoisotopic (exact) mass is 386 g/mol. The van der Waals surface area contributed by atoms with Crippen LogP contribution in [-0.2, 0) is 0 Å². The highest BCUT2D eigenvalue weighted by Gasteiger charge is 2.24. The second-order valence-corrected chi connectivity index (χ2v) is 7.59. The Morgan fingerprint density at radius 2 is 1.85 bits per heavy atom. The summed E-state index contributed by atoms with van der Waals surface area (Å²) in [6.45, 7) is 1.50. The maximum atomic E-state index is 13.4. The smallest absolute Gasteiger partial charge is 0.260 e. The van der Waals surface area contributed by atoms with E-state index in [0.717, 1.165) is 37.3 Å². The molecule has 3 heterocycles. The fraction of sp³-hybridized carbons (Fsp3) is 0.278. The molecule has 1 fully saturated rings. The topological polar surface area (TPSA) is 124 Å². The average molecular weight is 386 g/mol. The zero-order chi connectivity index (χ0) is 19.1. The number of nitrogens with two attached hydrogens (primary N) is 3. The normalized spacial score (nSPS) is 15.4. The number of primary amides is 1. The highest BCUT2D eigenvalue weighted by atomic mass is 32.1. The first kappa shape index (κ1) is 17.6. The molecule has 1 amide bonds. The Morgan fingerprint density at radius 3 is 2.48 bits per heavy atom. The number of thiophene rings is 1. The summed E-state index contributed by atoms with van der Waals surface area (Å²) in [6.07, 6.45) is 1.71. The molecule has 0 aliphatic carbocycles. The first-order valence-corrected chi connectivity index (χ1v) is 9.42. The average Bonchev–Trinajstić information content (AvgIpc) is 2.99. The summed E-state index contributed by atoms with van der Waals surface area (Å²) >= 11 is 1.15. The molecule has 9 heteroatoms. The minimum Gasteiger partial charge on any atom is -0.397 e. The first-order valence-electron chi connectivity index (χ1n) is 8.60. The number of rotatable bonds is 3. The second kappa shape index (κ2) is 6.75. The third-order valence-electron chi connectivity index (χ3n) is 4.74. The van der Waals surface area contributed by atoms with Crippen LogP contribution in [0.4, 0.5) is 16.0 Å². The summed E-state index contributed by atoms with van der Waals surface area (Å²) in [5.74, 6) is -0.401. The van der Waals surface area contributed by atoms with E-state index in [2.05, 4.69) is 9.88 Å². The number of carbonyl (C=O) groups excluding carboxylic acids is 1. The van der Waals surface area contributed by atoms with Gasteiger partial charge in [0.1, 0.15) is 15.5 Å². The van der Waals surface area contributed by atoms with Crippen LogP contribution in [0.25, 0.3) is 21.5 Å². The number of anilines is 2. The number of hydrogen-bond acceptors (Lipinski definition) is 7. The van der Waals surface area contributed by atoms with Crippen LogP contribution in [-0.4, -0.2) is 35.0 Å². The Bertz CT molecular complexity index is 1010. The number of hydrogen-bond donors (Lipinski definition) is 3. The molecule has 6 N–H and O–H groups in total. The summed E-state index contributed by atoms with van der Waals surface area (Å²) in [7, 11) is 0. The van der Waals surface area contributed by atoms with E-state index >= 15 is 0 Å². The molecule has 7 nitrogen and oxygen atoms in total. The van der Waals surface area contributed by atoms with Crippen molar-refractivity contribution in [2.24, 2.45) is 11.5 Å². The van der Waals surface area contributed by atoms with Crippen LogP contribution in [0.1, 0.15) is 22.5 Å². The van der Waals surface area contributed by atoms with E-state index in [1.807, 2.05) is 0 Å². The Balaban J connectivity index is 1.91. The van der Waals surface area contributed by atoms with E-state index in [1.54, 1.807) is 12.1 Å². The lowest BCUT2D eigenvalue weighted by Crippen LogP contribution is -2.40. The number of nitrogen functional groups attached to an aromatic ring is 1. The molecule has 1 saturated heterocycles. The number of piperidine rings is 1. The minimum atomic E-state index is -0.606. The van der Waals surface area contributed by atoms with Gasteiger partial charge in [-0.1, -0.05) is 0 Å². The maximum Gasteiger partial charge on any atom is 0.260 e. The van der Waals surface area contributed by atoms with Gasteiger partial charge in [-0.2, -0.15) is 0 Å². The van der Waals surface area contributed by atoms with Crippen LogP contribution in [0.2, 0.25) is 0 Å². The van der Waals surface area contributed by atoms with Crippen LogP contribution in [0.5, 0.6) is 0 Å². The van der Waals surface area contributed by atoms with Gasteiger partial charge in [0.05, 0.1) is 16.8 Å². The Kier molecular flexibility index (Phi) is 4.40. The third kappa shape index (κ3) is 3.19. The van der Waals surface area contributed by atoms with E-state index in [-0.39, 0.29) is 22.4 Å². The van der Waals surface area contributed by atoms with Crippen LogP contribution in [0.15, 0.2) is 24.3 Å². The molecule has 1 aromatic carbocycles. The fourth-order valence-corrected chi connectivity index (χ4v) is 4.19. The van der Waals surface area contributed by atoms with Crippen molar-refractivity contribution in [1.82, 2.24) is 9.97 Å². The zero-order valence-corrected chi connectivity index (χ0v) is 15.3. The van der Waals surface area contributed by atoms with Gasteiger partial charge in [-0.05, 0) is 37.1 Å². The van der Waals surface area contributed by atoms with Gasteiger partial charge in [0, 0.05) is 24.7 Å². The molecule has 0 saturated carbocycles. The Hall–Kier alpha value is -2.78. The van der Waals surface area contributed by atoms with Gasteiger partial charge in [-0.15, -0.1) is 11.3 Å². The van der Waals surface area contributed by atoms with Gasteiger partial charge in [0.25, 0.3) is 5.91 Å². The van der Waals surface area contributed by atoms with Crippen molar-refractivity contribution in [1.29, 1.82) is 0 Å². The molecule has 0 bridgehead atoms. The molecule has 0 atom stereocenters. The molecule has 3 aromatic rings.